The summed E-state index contributed by atoms with van der Waals surface area (Å²) in [7, 11) is 0. The van der Waals surface area contributed by atoms with Crippen LogP contribution in [-0.2, 0) is 0 Å². The molecule has 2 nitrogen and oxygen atoms in total. The van der Waals surface area contributed by atoms with Gasteiger partial charge < -0.3 is 4.74 Å². The number of hydrogen-bond donors (Lipinski definition) is 0. The van der Waals surface area contributed by atoms with E-state index in [4.69, 9.17) is 4.74 Å². The predicted octanol–water partition coefficient (Wildman–Crippen LogP) is 1.97. The van der Waals surface area contributed by atoms with Crippen LogP contribution in [0.25, 0.3) is 0 Å². The highest BCUT2D eigenvalue weighted by Crippen LogP contribution is 2.30. The molecule has 1 aliphatic rings. The van der Waals surface area contributed by atoms with Crippen molar-refractivity contribution in [2.24, 2.45) is 0 Å². The zero-order valence-electron chi connectivity index (χ0n) is 6.58. The minimum absolute atomic E-state index is 0.556. The molecule has 1 unspecified atom stereocenters. The highest BCUT2D eigenvalue weighted by Gasteiger charge is 2.17. The van der Waals surface area contributed by atoms with E-state index in [1.165, 1.54) is 0 Å². The summed E-state index contributed by atoms with van der Waals surface area (Å²) in [4.78, 5) is 4.28. The third kappa shape index (κ3) is 1.09. The van der Waals surface area contributed by atoms with Crippen LogP contribution in [0.4, 0.5) is 0 Å². The van der Waals surface area contributed by atoms with Gasteiger partial charge in [0.05, 0.1) is 12.3 Å². The second-order valence-electron chi connectivity index (χ2n) is 2.92. The lowest BCUT2D eigenvalue weighted by atomic mass is 10.0. The fourth-order valence-corrected chi connectivity index (χ4v) is 1.38. The Hall–Kier alpha value is -1.05. The van der Waals surface area contributed by atoms with E-state index >= 15 is 0 Å². The molecule has 0 saturated carbocycles. The molecule has 0 saturated heterocycles. The summed E-state index contributed by atoms with van der Waals surface area (Å²) in [6, 6.07) is 3.90. The molecule has 0 aliphatic carbocycles. The molecule has 1 aliphatic heterocycles. The molecule has 2 heteroatoms. The van der Waals surface area contributed by atoms with E-state index in [0.29, 0.717) is 5.92 Å². The Morgan fingerprint density at radius 2 is 2.55 bits per heavy atom. The minimum atomic E-state index is 0.556. The molecule has 0 amide bonds. The number of rotatable bonds is 0. The van der Waals surface area contributed by atoms with Crippen LogP contribution in [0, 0.1) is 0 Å². The van der Waals surface area contributed by atoms with Gasteiger partial charge in [-0.25, -0.2) is 0 Å². The first-order chi connectivity index (χ1) is 5.38. The molecule has 1 aromatic heterocycles. The monoisotopic (exact) mass is 149 g/mol. The van der Waals surface area contributed by atoms with Gasteiger partial charge in [-0.1, -0.05) is 6.92 Å². The molecule has 58 valence electrons. The molecule has 0 bridgehead atoms. The highest BCUT2D eigenvalue weighted by molar-refractivity contribution is 5.30. The lowest BCUT2D eigenvalue weighted by Gasteiger charge is -2.20. The zero-order valence-corrected chi connectivity index (χ0v) is 6.58. The van der Waals surface area contributed by atoms with Crippen molar-refractivity contribution in [3.05, 3.63) is 24.0 Å². The number of pyridine rings is 1. The Labute approximate surface area is 66.2 Å². The Balaban J connectivity index is 2.44. The van der Waals surface area contributed by atoms with Gasteiger partial charge in [-0.05, 0) is 18.6 Å². The van der Waals surface area contributed by atoms with Crippen molar-refractivity contribution in [3.63, 3.8) is 0 Å². The molecular weight excluding hydrogens is 138 g/mol. The van der Waals surface area contributed by atoms with Crippen LogP contribution < -0.4 is 4.74 Å². The second kappa shape index (κ2) is 2.53. The summed E-state index contributed by atoms with van der Waals surface area (Å²) in [6.07, 6.45) is 2.91. The SMILES string of the molecule is CC1CCOc2cccnc21. The van der Waals surface area contributed by atoms with E-state index < -0.39 is 0 Å². The van der Waals surface area contributed by atoms with Crippen LogP contribution in [-0.4, -0.2) is 11.6 Å². The van der Waals surface area contributed by atoms with Crippen molar-refractivity contribution in [3.8, 4) is 5.75 Å². The molecule has 0 fully saturated rings. The predicted molar refractivity (Wildman–Crippen MR) is 42.8 cm³/mol. The molecule has 2 heterocycles. The molecule has 11 heavy (non-hydrogen) atoms. The van der Waals surface area contributed by atoms with Crippen molar-refractivity contribution in [2.45, 2.75) is 19.3 Å². The number of fused-ring (bicyclic) bond motifs is 1. The maximum Gasteiger partial charge on any atom is 0.141 e. The smallest absolute Gasteiger partial charge is 0.141 e. The Morgan fingerprint density at radius 1 is 1.64 bits per heavy atom. The number of hydrogen-bond acceptors (Lipinski definition) is 2. The largest absolute Gasteiger partial charge is 0.492 e. The van der Waals surface area contributed by atoms with Crippen LogP contribution >= 0.6 is 0 Å². The second-order valence-corrected chi connectivity index (χ2v) is 2.92. The number of nitrogens with zero attached hydrogens (tertiary/aromatic N) is 1. The van der Waals surface area contributed by atoms with Gasteiger partial charge in [-0.2, -0.15) is 0 Å². The molecular formula is C9H11NO. The van der Waals surface area contributed by atoms with Gasteiger partial charge in [0.2, 0.25) is 0 Å². The Bertz CT molecular complexity index is 259. The van der Waals surface area contributed by atoms with Crippen LogP contribution in [0.5, 0.6) is 5.75 Å². The minimum Gasteiger partial charge on any atom is -0.492 e. The number of ether oxygens (including phenoxy) is 1. The molecule has 0 N–H and O–H groups in total. The quantitative estimate of drug-likeness (QED) is 0.562. The molecule has 2 rings (SSSR count). The van der Waals surface area contributed by atoms with Gasteiger partial charge in [0.15, 0.2) is 0 Å². The van der Waals surface area contributed by atoms with Crippen LogP contribution in [0.2, 0.25) is 0 Å². The molecule has 1 aromatic rings. The van der Waals surface area contributed by atoms with Crippen molar-refractivity contribution in [1.82, 2.24) is 4.98 Å². The summed E-state index contributed by atoms with van der Waals surface area (Å²) < 4.78 is 5.43. The summed E-state index contributed by atoms with van der Waals surface area (Å²) in [5, 5.41) is 0. The zero-order chi connectivity index (χ0) is 7.68. The molecule has 0 radical (unpaired) electrons. The van der Waals surface area contributed by atoms with Gasteiger partial charge in [0.25, 0.3) is 0 Å². The lowest BCUT2D eigenvalue weighted by Crippen LogP contribution is -2.12. The van der Waals surface area contributed by atoms with E-state index in [2.05, 4.69) is 11.9 Å². The number of aromatic nitrogens is 1. The topological polar surface area (TPSA) is 22.1 Å². The highest BCUT2D eigenvalue weighted by atomic mass is 16.5. The fourth-order valence-electron chi connectivity index (χ4n) is 1.38. The summed E-state index contributed by atoms with van der Waals surface area (Å²) >= 11 is 0. The van der Waals surface area contributed by atoms with Crippen molar-refractivity contribution in [1.29, 1.82) is 0 Å². The van der Waals surface area contributed by atoms with E-state index in [1.54, 1.807) is 0 Å². The van der Waals surface area contributed by atoms with Crippen LogP contribution in [0.3, 0.4) is 0 Å². The fraction of sp³-hybridized carbons (Fsp3) is 0.444. The van der Waals surface area contributed by atoms with Gasteiger partial charge in [0, 0.05) is 12.1 Å². The maximum absolute atomic E-state index is 5.43. The molecule has 0 spiro atoms. The average molecular weight is 149 g/mol. The lowest BCUT2D eigenvalue weighted by molar-refractivity contribution is 0.268. The van der Waals surface area contributed by atoms with Gasteiger partial charge >= 0.3 is 0 Å². The summed E-state index contributed by atoms with van der Waals surface area (Å²) in [5.74, 6) is 1.52. The van der Waals surface area contributed by atoms with Gasteiger partial charge in [-0.15, -0.1) is 0 Å². The first-order valence-corrected chi connectivity index (χ1v) is 3.95. The first kappa shape index (κ1) is 6.65. The maximum atomic E-state index is 5.43. The van der Waals surface area contributed by atoms with E-state index in [1.807, 2.05) is 18.3 Å². The summed E-state index contributed by atoms with van der Waals surface area (Å²) in [5.41, 5.74) is 1.11. The van der Waals surface area contributed by atoms with Crippen LogP contribution in [0.15, 0.2) is 18.3 Å². The molecule has 1 atom stereocenters. The third-order valence-electron chi connectivity index (χ3n) is 2.07. The van der Waals surface area contributed by atoms with E-state index in [0.717, 1.165) is 24.5 Å². The average Bonchev–Trinajstić information content (AvgIpc) is 2.06. The van der Waals surface area contributed by atoms with Gasteiger partial charge in [0.1, 0.15) is 5.75 Å². The van der Waals surface area contributed by atoms with Crippen molar-refractivity contribution in [2.75, 3.05) is 6.61 Å². The Kier molecular flexibility index (Phi) is 1.53. The standard InChI is InChI=1S/C9H11NO/c1-7-4-6-11-8-3-2-5-10-9(7)8/h2-3,5,7H,4,6H2,1H3. The summed E-state index contributed by atoms with van der Waals surface area (Å²) in [6.45, 7) is 3.02. The molecule has 0 aromatic carbocycles. The third-order valence-corrected chi connectivity index (χ3v) is 2.07. The van der Waals surface area contributed by atoms with Gasteiger partial charge in [-0.3, -0.25) is 4.98 Å². The van der Waals surface area contributed by atoms with E-state index in [9.17, 15) is 0 Å². The Morgan fingerprint density at radius 3 is 3.36 bits per heavy atom. The van der Waals surface area contributed by atoms with Crippen LogP contribution in [0.1, 0.15) is 25.0 Å². The van der Waals surface area contributed by atoms with E-state index in [-0.39, 0.29) is 0 Å². The first-order valence-electron chi connectivity index (χ1n) is 3.95. The normalized spacial score (nSPS) is 22.1. The van der Waals surface area contributed by atoms with Crippen molar-refractivity contribution >= 4 is 0 Å². The van der Waals surface area contributed by atoms with Crippen molar-refractivity contribution < 1.29 is 4.74 Å².